The number of hydrogen-bond acceptors (Lipinski definition) is 4. The molecule has 0 aliphatic rings. The van der Waals surface area contributed by atoms with E-state index in [1.807, 2.05) is 18.3 Å². The van der Waals surface area contributed by atoms with Crippen molar-refractivity contribution in [3.05, 3.63) is 53.7 Å². The molecule has 2 rings (SSSR count). The summed E-state index contributed by atoms with van der Waals surface area (Å²) >= 11 is 0. The smallest absolute Gasteiger partial charge is 0.212 e. The second kappa shape index (κ2) is 7.09. The second-order valence-electron chi connectivity index (χ2n) is 5.02. The molecule has 0 saturated heterocycles. The lowest BCUT2D eigenvalue weighted by molar-refractivity contribution is 0.397. The van der Waals surface area contributed by atoms with Crippen molar-refractivity contribution in [1.29, 1.82) is 0 Å². The Morgan fingerprint density at radius 2 is 1.90 bits per heavy atom. The van der Waals surface area contributed by atoms with Gasteiger partial charge in [-0.15, -0.1) is 0 Å². The van der Waals surface area contributed by atoms with Crippen LogP contribution in [0.25, 0.3) is 0 Å². The average Bonchev–Trinajstić information content (AvgIpc) is 2.56. The minimum Gasteiger partial charge on any atom is -0.481 e. The van der Waals surface area contributed by atoms with E-state index in [-0.39, 0.29) is 6.04 Å². The van der Waals surface area contributed by atoms with E-state index >= 15 is 0 Å². The van der Waals surface area contributed by atoms with Crippen LogP contribution in [-0.4, -0.2) is 25.7 Å². The van der Waals surface area contributed by atoms with E-state index < -0.39 is 0 Å². The molecule has 0 radical (unpaired) electrons. The number of nitrogens with two attached hydrogens (primary N) is 1. The standard InChI is InChI=1S/C17H23N3O/c1-4-13-5-8-15(9-6-13)20(2)16(11-18)14-7-10-17(21-3)19-12-14/h5-10,12,16H,4,11,18H2,1-3H3. The fourth-order valence-corrected chi connectivity index (χ4v) is 2.37. The number of aromatic nitrogens is 1. The van der Waals surface area contributed by atoms with Gasteiger partial charge in [0.1, 0.15) is 0 Å². The van der Waals surface area contributed by atoms with Crippen LogP contribution >= 0.6 is 0 Å². The number of hydrogen-bond donors (Lipinski definition) is 1. The zero-order valence-corrected chi connectivity index (χ0v) is 12.9. The van der Waals surface area contributed by atoms with Crippen LogP contribution in [0.5, 0.6) is 5.88 Å². The molecule has 0 bridgehead atoms. The lowest BCUT2D eigenvalue weighted by Gasteiger charge is -2.29. The van der Waals surface area contributed by atoms with Crippen molar-refractivity contribution in [2.45, 2.75) is 19.4 Å². The van der Waals surface area contributed by atoms with Gasteiger partial charge in [-0.3, -0.25) is 0 Å². The van der Waals surface area contributed by atoms with Gasteiger partial charge in [-0.05, 0) is 29.7 Å². The zero-order valence-electron chi connectivity index (χ0n) is 12.9. The molecule has 1 aromatic heterocycles. The third-order valence-corrected chi connectivity index (χ3v) is 3.80. The van der Waals surface area contributed by atoms with Crippen molar-refractivity contribution in [3.8, 4) is 5.88 Å². The molecule has 21 heavy (non-hydrogen) atoms. The zero-order chi connectivity index (χ0) is 15.2. The molecule has 1 atom stereocenters. The Morgan fingerprint density at radius 1 is 1.19 bits per heavy atom. The largest absolute Gasteiger partial charge is 0.481 e. The van der Waals surface area contributed by atoms with Crippen LogP contribution in [0.2, 0.25) is 0 Å². The van der Waals surface area contributed by atoms with E-state index in [1.165, 1.54) is 5.56 Å². The molecule has 0 spiro atoms. The normalized spacial score (nSPS) is 12.0. The van der Waals surface area contributed by atoms with Gasteiger partial charge in [0, 0.05) is 31.5 Å². The average molecular weight is 285 g/mol. The number of rotatable bonds is 6. The quantitative estimate of drug-likeness (QED) is 0.886. The maximum atomic E-state index is 5.97. The summed E-state index contributed by atoms with van der Waals surface area (Å²) in [7, 11) is 3.67. The van der Waals surface area contributed by atoms with E-state index in [0.717, 1.165) is 17.7 Å². The van der Waals surface area contributed by atoms with Gasteiger partial charge in [-0.1, -0.05) is 25.1 Å². The summed E-state index contributed by atoms with van der Waals surface area (Å²) in [4.78, 5) is 6.45. The summed E-state index contributed by atoms with van der Waals surface area (Å²) in [5.74, 6) is 0.615. The SMILES string of the molecule is CCc1ccc(N(C)C(CN)c2ccc(OC)nc2)cc1. The molecule has 1 unspecified atom stereocenters. The van der Waals surface area contributed by atoms with Crippen LogP contribution in [0.1, 0.15) is 24.1 Å². The van der Waals surface area contributed by atoms with Gasteiger partial charge in [0.2, 0.25) is 5.88 Å². The Kier molecular flexibility index (Phi) is 5.17. The number of likely N-dealkylation sites (N-methyl/N-ethyl adjacent to an activating group) is 1. The molecule has 4 nitrogen and oxygen atoms in total. The Balaban J connectivity index is 2.21. The van der Waals surface area contributed by atoms with Crippen molar-refractivity contribution in [2.75, 3.05) is 25.6 Å². The Hall–Kier alpha value is -2.07. The van der Waals surface area contributed by atoms with Gasteiger partial charge in [0.05, 0.1) is 13.2 Å². The molecule has 112 valence electrons. The topological polar surface area (TPSA) is 51.4 Å². The fourth-order valence-electron chi connectivity index (χ4n) is 2.37. The number of benzene rings is 1. The number of nitrogens with zero attached hydrogens (tertiary/aromatic N) is 2. The highest BCUT2D eigenvalue weighted by Crippen LogP contribution is 2.25. The van der Waals surface area contributed by atoms with Crippen LogP contribution in [0.3, 0.4) is 0 Å². The highest BCUT2D eigenvalue weighted by Gasteiger charge is 2.16. The van der Waals surface area contributed by atoms with Gasteiger partial charge in [0.15, 0.2) is 0 Å². The molecule has 1 heterocycles. The van der Waals surface area contributed by atoms with E-state index in [9.17, 15) is 0 Å². The molecule has 0 aliphatic carbocycles. The Morgan fingerprint density at radius 3 is 2.38 bits per heavy atom. The maximum Gasteiger partial charge on any atom is 0.212 e. The summed E-state index contributed by atoms with van der Waals surface area (Å²) < 4.78 is 5.10. The Bertz CT molecular complexity index is 551. The first kappa shape index (κ1) is 15.3. The van der Waals surface area contributed by atoms with Crippen molar-refractivity contribution in [1.82, 2.24) is 4.98 Å². The number of aryl methyl sites for hydroxylation is 1. The monoisotopic (exact) mass is 285 g/mol. The van der Waals surface area contributed by atoms with Gasteiger partial charge in [0.25, 0.3) is 0 Å². The van der Waals surface area contributed by atoms with E-state index in [0.29, 0.717) is 12.4 Å². The number of methoxy groups -OCH3 is 1. The predicted octanol–water partition coefficient (Wildman–Crippen LogP) is 2.79. The number of ether oxygens (including phenoxy) is 1. The van der Waals surface area contributed by atoms with Crippen LogP contribution < -0.4 is 15.4 Å². The third-order valence-electron chi connectivity index (χ3n) is 3.80. The van der Waals surface area contributed by atoms with Crippen molar-refractivity contribution in [2.24, 2.45) is 5.73 Å². The first-order valence-electron chi connectivity index (χ1n) is 7.21. The molecule has 0 amide bonds. The molecular weight excluding hydrogens is 262 g/mol. The number of anilines is 1. The summed E-state index contributed by atoms with van der Waals surface area (Å²) in [6.07, 6.45) is 2.87. The van der Waals surface area contributed by atoms with Crippen molar-refractivity contribution >= 4 is 5.69 Å². The van der Waals surface area contributed by atoms with Gasteiger partial charge >= 0.3 is 0 Å². The second-order valence-corrected chi connectivity index (χ2v) is 5.02. The summed E-state index contributed by atoms with van der Waals surface area (Å²) in [5, 5.41) is 0. The molecule has 1 aromatic carbocycles. The molecule has 0 fully saturated rings. The summed E-state index contributed by atoms with van der Waals surface area (Å²) in [5.41, 5.74) is 9.54. The minimum atomic E-state index is 0.0934. The highest BCUT2D eigenvalue weighted by molar-refractivity contribution is 5.49. The summed E-state index contributed by atoms with van der Waals surface area (Å²) in [6.45, 7) is 2.68. The highest BCUT2D eigenvalue weighted by atomic mass is 16.5. The maximum absolute atomic E-state index is 5.97. The lowest BCUT2D eigenvalue weighted by Crippen LogP contribution is -2.30. The summed E-state index contributed by atoms with van der Waals surface area (Å²) in [6, 6.07) is 12.6. The molecule has 0 aliphatic heterocycles. The molecule has 2 aromatic rings. The number of pyridine rings is 1. The van der Waals surface area contributed by atoms with Gasteiger partial charge in [-0.2, -0.15) is 0 Å². The lowest BCUT2D eigenvalue weighted by atomic mass is 10.1. The molecule has 0 saturated carbocycles. The Labute approximate surface area is 126 Å². The van der Waals surface area contributed by atoms with Crippen LogP contribution in [0, 0.1) is 0 Å². The van der Waals surface area contributed by atoms with Gasteiger partial charge < -0.3 is 15.4 Å². The van der Waals surface area contributed by atoms with Crippen molar-refractivity contribution in [3.63, 3.8) is 0 Å². The van der Waals surface area contributed by atoms with Gasteiger partial charge in [-0.25, -0.2) is 4.98 Å². The fraction of sp³-hybridized carbons (Fsp3) is 0.353. The van der Waals surface area contributed by atoms with E-state index in [4.69, 9.17) is 10.5 Å². The third kappa shape index (κ3) is 3.52. The van der Waals surface area contributed by atoms with Crippen molar-refractivity contribution < 1.29 is 4.74 Å². The first-order chi connectivity index (χ1) is 10.2. The first-order valence-corrected chi connectivity index (χ1v) is 7.21. The molecule has 2 N–H and O–H groups in total. The van der Waals surface area contributed by atoms with E-state index in [2.05, 4.69) is 48.1 Å². The molecular formula is C17H23N3O. The van der Waals surface area contributed by atoms with E-state index in [1.54, 1.807) is 7.11 Å². The van der Waals surface area contributed by atoms with Crippen LogP contribution in [0.15, 0.2) is 42.6 Å². The minimum absolute atomic E-state index is 0.0934. The molecule has 4 heteroatoms. The van der Waals surface area contributed by atoms with Crippen LogP contribution in [-0.2, 0) is 6.42 Å². The van der Waals surface area contributed by atoms with Crippen LogP contribution in [0.4, 0.5) is 5.69 Å². The predicted molar refractivity (Wildman–Crippen MR) is 86.8 cm³/mol.